The van der Waals surface area contributed by atoms with Gasteiger partial charge in [-0.3, -0.25) is 19.2 Å². The number of hydrogen-bond donors (Lipinski definition) is 2. The van der Waals surface area contributed by atoms with Gasteiger partial charge in [0.25, 0.3) is 5.91 Å². The van der Waals surface area contributed by atoms with Gasteiger partial charge in [0, 0.05) is 17.2 Å². The maximum absolute atomic E-state index is 13.0. The van der Waals surface area contributed by atoms with E-state index in [2.05, 4.69) is 20.6 Å². The molecule has 35 heavy (non-hydrogen) atoms. The summed E-state index contributed by atoms with van der Waals surface area (Å²) >= 11 is 4.01. The van der Waals surface area contributed by atoms with Crippen molar-refractivity contribution in [3.8, 4) is 0 Å². The largest absolute Gasteiger partial charge is 0.477 e. The molecule has 2 aliphatic rings. The molecular weight excluding hydrogens is 529 g/mol. The first-order chi connectivity index (χ1) is 16.4. The van der Waals surface area contributed by atoms with Crippen molar-refractivity contribution in [2.24, 2.45) is 0 Å². The van der Waals surface area contributed by atoms with Crippen LogP contribution in [0.2, 0.25) is 0 Å². The molecule has 2 N–H and O–H groups in total. The zero-order chi connectivity index (χ0) is 25.7. The molecule has 0 unspecified atom stereocenters. The second-order valence-corrected chi connectivity index (χ2v) is 11.3. The topological polar surface area (TPSA) is 130 Å². The molecule has 0 aliphatic carbocycles. The molecule has 4 heterocycles. The Labute approximate surface area is 209 Å². The van der Waals surface area contributed by atoms with Crippen molar-refractivity contribution < 1.29 is 32.7 Å². The monoisotopic (exact) mass is 548 g/mol. The van der Waals surface area contributed by atoms with Crippen molar-refractivity contribution in [3.05, 3.63) is 33.7 Å². The highest BCUT2D eigenvalue weighted by atomic mass is 32.2. The van der Waals surface area contributed by atoms with Crippen molar-refractivity contribution in [2.45, 2.75) is 48.7 Å². The van der Waals surface area contributed by atoms with E-state index in [0.717, 1.165) is 20.7 Å². The van der Waals surface area contributed by atoms with E-state index in [9.17, 15) is 32.7 Å². The average Bonchev–Trinajstić information content (AvgIpc) is 3.39. The van der Waals surface area contributed by atoms with E-state index in [-0.39, 0.29) is 11.4 Å². The van der Waals surface area contributed by atoms with Gasteiger partial charge in [0.2, 0.25) is 5.91 Å². The highest BCUT2D eigenvalue weighted by Gasteiger charge is 2.54. The van der Waals surface area contributed by atoms with Crippen molar-refractivity contribution >= 4 is 52.6 Å². The van der Waals surface area contributed by atoms with Crippen LogP contribution >= 0.6 is 34.9 Å². The minimum absolute atomic E-state index is 0.122. The number of nitrogens with zero attached hydrogens (tertiary/aromatic N) is 5. The molecule has 0 bridgehead atoms. The standard InChI is InChI=1S/C19H19F3N6O4S3/c1-7-4-11(19(20,21)22)26-28(7)8(2)14(29)23-12-15(30)27-13(17(31)32)10(5-33-16(12)27)6-34-18-25-24-9(3)35-18/h4,8,12,16H,5-6H2,1-3H3,(H,23,29)(H,31,32)/t8-,12-,16-/m1/s1. The number of hydrogen-bond acceptors (Lipinski definition) is 9. The molecule has 2 aliphatic heterocycles. The van der Waals surface area contributed by atoms with Gasteiger partial charge in [0.1, 0.15) is 28.2 Å². The van der Waals surface area contributed by atoms with Crippen LogP contribution in [0, 0.1) is 13.8 Å². The lowest BCUT2D eigenvalue weighted by Gasteiger charge is -2.49. The van der Waals surface area contributed by atoms with Crippen LogP contribution in [0.4, 0.5) is 13.2 Å². The summed E-state index contributed by atoms with van der Waals surface area (Å²) in [7, 11) is 0. The number of rotatable bonds is 7. The third-order valence-electron chi connectivity index (χ3n) is 5.38. The summed E-state index contributed by atoms with van der Waals surface area (Å²) in [6.45, 7) is 4.57. The van der Waals surface area contributed by atoms with Crippen LogP contribution in [0.15, 0.2) is 21.7 Å². The number of aryl methyl sites for hydroxylation is 2. The van der Waals surface area contributed by atoms with Gasteiger partial charge >= 0.3 is 12.1 Å². The summed E-state index contributed by atoms with van der Waals surface area (Å²) in [6.07, 6.45) is -4.65. The van der Waals surface area contributed by atoms with Gasteiger partial charge in [-0.15, -0.1) is 22.0 Å². The van der Waals surface area contributed by atoms with Gasteiger partial charge in [-0.05, 0) is 32.4 Å². The Morgan fingerprint density at radius 2 is 2.06 bits per heavy atom. The van der Waals surface area contributed by atoms with Gasteiger partial charge in [0.15, 0.2) is 10.0 Å². The summed E-state index contributed by atoms with van der Waals surface area (Å²) in [6, 6.07) is -1.27. The lowest BCUT2D eigenvalue weighted by molar-refractivity contribution is -0.151. The lowest BCUT2D eigenvalue weighted by atomic mass is 10.0. The number of aliphatic carboxylic acids is 1. The Kier molecular flexibility index (Phi) is 6.89. The zero-order valence-corrected chi connectivity index (χ0v) is 20.9. The van der Waals surface area contributed by atoms with Crippen molar-refractivity contribution in [1.29, 1.82) is 0 Å². The molecule has 188 valence electrons. The third-order valence-corrected chi connectivity index (χ3v) is 8.78. The molecule has 2 amide bonds. The second-order valence-electron chi connectivity index (χ2n) is 7.82. The summed E-state index contributed by atoms with van der Waals surface area (Å²) in [5.41, 5.74) is -0.551. The Bertz CT molecular complexity index is 1230. The molecule has 10 nitrogen and oxygen atoms in total. The smallest absolute Gasteiger partial charge is 0.435 e. The average molecular weight is 549 g/mol. The van der Waals surface area contributed by atoms with Crippen LogP contribution < -0.4 is 5.32 Å². The summed E-state index contributed by atoms with van der Waals surface area (Å²) < 4.78 is 40.5. The molecule has 3 atom stereocenters. The third kappa shape index (κ3) is 4.91. The summed E-state index contributed by atoms with van der Waals surface area (Å²) in [5, 5.41) is 23.9. The number of carboxylic acids is 1. The van der Waals surface area contributed by atoms with E-state index in [0.29, 0.717) is 21.4 Å². The molecular formula is C19H19F3N6O4S3. The Morgan fingerprint density at radius 1 is 1.34 bits per heavy atom. The first kappa shape index (κ1) is 25.5. The fourth-order valence-electron chi connectivity index (χ4n) is 3.68. The molecule has 1 fully saturated rings. The molecule has 16 heteroatoms. The van der Waals surface area contributed by atoms with Crippen LogP contribution in [0.3, 0.4) is 0 Å². The second kappa shape index (κ2) is 9.46. The van der Waals surface area contributed by atoms with Gasteiger partial charge in [-0.25, -0.2) is 4.79 Å². The number of carbonyl (C=O) groups is 3. The number of halogens is 3. The van der Waals surface area contributed by atoms with Gasteiger partial charge < -0.3 is 10.4 Å². The van der Waals surface area contributed by atoms with E-state index in [1.165, 1.54) is 48.7 Å². The van der Waals surface area contributed by atoms with Crippen LogP contribution in [-0.2, 0) is 20.6 Å². The fourth-order valence-corrected chi connectivity index (χ4v) is 6.98. The van der Waals surface area contributed by atoms with Crippen LogP contribution in [-0.4, -0.2) is 70.7 Å². The summed E-state index contributed by atoms with van der Waals surface area (Å²) in [4.78, 5) is 38.7. The van der Waals surface area contributed by atoms with Crippen LogP contribution in [0.1, 0.15) is 29.4 Å². The molecule has 0 radical (unpaired) electrons. The number of nitrogens with one attached hydrogen (secondary N) is 1. The maximum Gasteiger partial charge on any atom is 0.435 e. The molecule has 0 saturated carbocycles. The first-order valence-corrected chi connectivity index (χ1v) is 13.0. The Balaban J connectivity index is 1.46. The van der Waals surface area contributed by atoms with Crippen LogP contribution in [0.5, 0.6) is 0 Å². The van der Waals surface area contributed by atoms with Gasteiger partial charge in [-0.1, -0.05) is 23.1 Å². The molecule has 2 aromatic heterocycles. The fraction of sp³-hybridized carbons (Fsp3) is 0.474. The minimum Gasteiger partial charge on any atom is -0.477 e. The van der Waals surface area contributed by atoms with E-state index >= 15 is 0 Å². The summed E-state index contributed by atoms with van der Waals surface area (Å²) in [5.74, 6) is -1.90. The van der Waals surface area contributed by atoms with E-state index in [1.54, 1.807) is 0 Å². The number of fused-ring (bicyclic) bond motifs is 1. The predicted octanol–water partition coefficient (Wildman–Crippen LogP) is 2.46. The number of amides is 2. The maximum atomic E-state index is 13.0. The van der Waals surface area contributed by atoms with Crippen molar-refractivity contribution in [1.82, 2.24) is 30.2 Å². The Hall–Kier alpha value is -2.59. The Morgan fingerprint density at radius 3 is 2.63 bits per heavy atom. The highest BCUT2D eigenvalue weighted by Crippen LogP contribution is 2.42. The number of thioether (sulfide) groups is 2. The van der Waals surface area contributed by atoms with Crippen molar-refractivity contribution in [2.75, 3.05) is 11.5 Å². The predicted molar refractivity (Wildman–Crippen MR) is 122 cm³/mol. The number of β-lactam (4-membered cyclic amide) rings is 1. The lowest BCUT2D eigenvalue weighted by Crippen LogP contribution is -2.71. The molecule has 2 aromatic rings. The normalized spacial score (nSPS) is 21.0. The van der Waals surface area contributed by atoms with E-state index in [1.807, 2.05) is 6.92 Å². The highest BCUT2D eigenvalue weighted by molar-refractivity contribution is 8.01. The number of alkyl halides is 3. The number of carboxylic acid groups (broad SMARTS) is 1. The number of aromatic nitrogens is 4. The molecule has 0 aromatic carbocycles. The quantitative estimate of drug-likeness (QED) is 0.396. The zero-order valence-electron chi connectivity index (χ0n) is 18.5. The molecule has 1 saturated heterocycles. The minimum atomic E-state index is -4.65. The molecule has 0 spiro atoms. The van der Waals surface area contributed by atoms with Crippen molar-refractivity contribution in [3.63, 3.8) is 0 Å². The van der Waals surface area contributed by atoms with E-state index < -0.39 is 47.1 Å². The van der Waals surface area contributed by atoms with Crippen LogP contribution in [0.25, 0.3) is 0 Å². The molecule has 4 rings (SSSR count). The SMILES string of the molecule is Cc1nnc(SCC2=C(C(=O)O)N3C(=O)[C@@H](NC(=O)[C@@H](C)n4nc(C(F)(F)F)cc4C)[C@H]3SC2)s1. The van der Waals surface area contributed by atoms with Gasteiger partial charge in [-0.2, -0.15) is 18.3 Å². The number of carbonyl (C=O) groups excluding carboxylic acids is 2. The van der Waals surface area contributed by atoms with Gasteiger partial charge in [0.05, 0.1) is 0 Å². The first-order valence-electron chi connectivity index (χ1n) is 10.1. The van der Waals surface area contributed by atoms with E-state index in [4.69, 9.17) is 0 Å².